The molecular formula is C32H41N3O4. The second-order valence-corrected chi connectivity index (χ2v) is 11.3. The van der Waals surface area contributed by atoms with Crippen molar-refractivity contribution in [2.75, 3.05) is 11.4 Å². The van der Waals surface area contributed by atoms with Crippen molar-refractivity contribution in [2.24, 2.45) is 0 Å². The molecule has 2 N–H and O–H groups in total. The Morgan fingerprint density at radius 3 is 1.97 bits per heavy atom. The Morgan fingerprint density at radius 2 is 1.46 bits per heavy atom. The predicted octanol–water partition coefficient (Wildman–Crippen LogP) is 6.34. The average Bonchev–Trinajstić information content (AvgIpc) is 3.44. The first-order chi connectivity index (χ1) is 18.4. The highest BCUT2D eigenvalue weighted by Gasteiger charge is 2.34. The molecule has 0 aliphatic rings. The van der Waals surface area contributed by atoms with Gasteiger partial charge in [-0.25, -0.2) is 0 Å². The smallest absolute Gasteiger partial charge is 0.287 e. The van der Waals surface area contributed by atoms with Crippen LogP contribution in [0.2, 0.25) is 0 Å². The SMILES string of the molecule is CC[C@@H](C)c1ccc(N(C(=O)CNC(=O)c2ccco2)[C@@H](C(=O)NC(C)(C)C)c2ccc(C(C)C)cc2)cc1. The van der Waals surface area contributed by atoms with Gasteiger partial charge < -0.3 is 15.1 Å². The Labute approximate surface area is 232 Å². The monoisotopic (exact) mass is 531 g/mol. The molecule has 2 atom stereocenters. The zero-order valence-electron chi connectivity index (χ0n) is 24.1. The molecule has 39 heavy (non-hydrogen) atoms. The van der Waals surface area contributed by atoms with Crippen LogP contribution in [0.4, 0.5) is 5.69 Å². The van der Waals surface area contributed by atoms with Gasteiger partial charge in [-0.2, -0.15) is 0 Å². The second kappa shape index (κ2) is 12.8. The molecule has 1 heterocycles. The molecule has 0 unspecified atom stereocenters. The lowest BCUT2D eigenvalue weighted by atomic mass is 9.95. The average molecular weight is 532 g/mol. The number of carbonyl (C=O) groups excluding carboxylic acids is 3. The molecule has 3 rings (SSSR count). The first-order valence-electron chi connectivity index (χ1n) is 13.6. The van der Waals surface area contributed by atoms with Crippen LogP contribution in [-0.2, 0) is 9.59 Å². The van der Waals surface area contributed by atoms with Gasteiger partial charge in [-0.1, -0.05) is 64.1 Å². The number of hydrogen-bond donors (Lipinski definition) is 2. The minimum Gasteiger partial charge on any atom is -0.459 e. The molecule has 0 saturated heterocycles. The molecule has 0 aliphatic heterocycles. The van der Waals surface area contributed by atoms with E-state index in [1.807, 2.05) is 69.3 Å². The van der Waals surface area contributed by atoms with E-state index in [1.54, 1.807) is 6.07 Å². The molecule has 7 heteroatoms. The number of hydrogen-bond acceptors (Lipinski definition) is 4. The third kappa shape index (κ3) is 7.82. The molecule has 1 aromatic heterocycles. The zero-order chi connectivity index (χ0) is 28.7. The van der Waals surface area contributed by atoms with Gasteiger partial charge in [-0.15, -0.1) is 0 Å². The molecule has 2 aromatic carbocycles. The summed E-state index contributed by atoms with van der Waals surface area (Å²) < 4.78 is 5.16. The molecule has 0 saturated carbocycles. The van der Waals surface area contributed by atoms with E-state index in [2.05, 4.69) is 38.3 Å². The normalized spacial score (nSPS) is 13.0. The summed E-state index contributed by atoms with van der Waals surface area (Å²) in [6, 6.07) is 17.7. The van der Waals surface area contributed by atoms with Crippen LogP contribution in [0.5, 0.6) is 0 Å². The Hall–Kier alpha value is -3.87. The molecule has 0 fully saturated rings. The largest absolute Gasteiger partial charge is 0.459 e. The standard InChI is InChI=1S/C32H41N3O4/c1-8-22(4)24-15-17-26(18-16-24)35(28(36)20-33-30(37)27-10-9-19-39-27)29(31(38)34-32(5,6)7)25-13-11-23(12-14-25)21(2)3/h9-19,21-22,29H,8,20H2,1-7H3,(H,33,37)(H,34,38)/t22-,29-/m1/s1. The van der Waals surface area contributed by atoms with Crippen molar-refractivity contribution in [1.82, 2.24) is 10.6 Å². The van der Waals surface area contributed by atoms with E-state index < -0.39 is 23.4 Å². The maximum atomic E-state index is 13.9. The Balaban J connectivity index is 2.06. The summed E-state index contributed by atoms with van der Waals surface area (Å²) in [5, 5.41) is 5.69. The number of anilines is 1. The topological polar surface area (TPSA) is 91.7 Å². The number of nitrogens with zero attached hydrogens (tertiary/aromatic N) is 1. The molecule has 0 bridgehead atoms. The number of carbonyl (C=O) groups is 3. The van der Waals surface area contributed by atoms with E-state index in [0.29, 0.717) is 23.1 Å². The van der Waals surface area contributed by atoms with E-state index in [1.165, 1.54) is 17.2 Å². The Morgan fingerprint density at radius 1 is 0.872 bits per heavy atom. The van der Waals surface area contributed by atoms with Crippen LogP contribution >= 0.6 is 0 Å². The first-order valence-corrected chi connectivity index (χ1v) is 13.6. The van der Waals surface area contributed by atoms with Crippen molar-refractivity contribution >= 4 is 23.4 Å². The van der Waals surface area contributed by atoms with E-state index in [4.69, 9.17) is 4.42 Å². The fourth-order valence-electron chi connectivity index (χ4n) is 4.29. The number of benzene rings is 2. The van der Waals surface area contributed by atoms with Gasteiger partial charge in [0.15, 0.2) is 5.76 Å². The van der Waals surface area contributed by atoms with Crippen molar-refractivity contribution < 1.29 is 18.8 Å². The number of nitrogens with one attached hydrogen (secondary N) is 2. The molecule has 0 spiro atoms. The minimum atomic E-state index is -0.951. The fraction of sp³-hybridized carbons (Fsp3) is 0.406. The van der Waals surface area contributed by atoms with Crippen molar-refractivity contribution in [3.05, 3.63) is 89.4 Å². The molecule has 0 radical (unpaired) electrons. The van der Waals surface area contributed by atoms with E-state index in [0.717, 1.165) is 17.5 Å². The highest BCUT2D eigenvalue weighted by Crippen LogP contribution is 2.31. The maximum absolute atomic E-state index is 13.9. The summed E-state index contributed by atoms with van der Waals surface area (Å²) in [5.41, 5.74) is 3.02. The van der Waals surface area contributed by atoms with E-state index >= 15 is 0 Å². The van der Waals surface area contributed by atoms with Gasteiger partial charge in [-0.3, -0.25) is 19.3 Å². The third-order valence-corrected chi connectivity index (χ3v) is 6.69. The van der Waals surface area contributed by atoms with E-state index in [-0.39, 0.29) is 18.2 Å². The Kier molecular flexibility index (Phi) is 9.73. The lowest BCUT2D eigenvalue weighted by molar-refractivity contribution is -0.127. The lowest BCUT2D eigenvalue weighted by Crippen LogP contribution is -2.51. The van der Waals surface area contributed by atoms with Gasteiger partial charge in [0.2, 0.25) is 11.8 Å². The van der Waals surface area contributed by atoms with Gasteiger partial charge in [0.25, 0.3) is 5.91 Å². The van der Waals surface area contributed by atoms with Crippen LogP contribution in [0.25, 0.3) is 0 Å². The van der Waals surface area contributed by atoms with Gasteiger partial charge in [0, 0.05) is 11.2 Å². The van der Waals surface area contributed by atoms with Crippen LogP contribution in [0.1, 0.15) is 100 Å². The summed E-state index contributed by atoms with van der Waals surface area (Å²) in [5.74, 6) is -0.441. The molecule has 3 aromatic rings. The third-order valence-electron chi connectivity index (χ3n) is 6.69. The van der Waals surface area contributed by atoms with Gasteiger partial charge in [0.05, 0.1) is 12.8 Å². The van der Waals surface area contributed by atoms with Crippen LogP contribution < -0.4 is 15.5 Å². The number of amides is 3. The second-order valence-electron chi connectivity index (χ2n) is 11.3. The van der Waals surface area contributed by atoms with Crippen LogP contribution in [-0.4, -0.2) is 29.8 Å². The van der Waals surface area contributed by atoms with Crippen molar-refractivity contribution in [3.8, 4) is 0 Å². The van der Waals surface area contributed by atoms with Gasteiger partial charge in [-0.05, 0) is 80.0 Å². The fourth-order valence-corrected chi connectivity index (χ4v) is 4.29. The number of rotatable bonds is 10. The number of furan rings is 1. The zero-order valence-corrected chi connectivity index (χ0v) is 24.1. The quantitative estimate of drug-likeness (QED) is 0.320. The maximum Gasteiger partial charge on any atom is 0.287 e. The Bertz CT molecular complexity index is 1240. The van der Waals surface area contributed by atoms with Crippen LogP contribution in [0.15, 0.2) is 71.3 Å². The summed E-state index contributed by atoms with van der Waals surface area (Å²) in [7, 11) is 0. The van der Waals surface area contributed by atoms with Crippen molar-refractivity contribution in [3.63, 3.8) is 0 Å². The van der Waals surface area contributed by atoms with Crippen LogP contribution in [0.3, 0.4) is 0 Å². The van der Waals surface area contributed by atoms with Gasteiger partial charge in [0.1, 0.15) is 6.04 Å². The highest BCUT2D eigenvalue weighted by atomic mass is 16.3. The molecule has 0 aliphatic carbocycles. The summed E-state index contributed by atoms with van der Waals surface area (Å²) >= 11 is 0. The highest BCUT2D eigenvalue weighted by molar-refractivity contribution is 6.04. The van der Waals surface area contributed by atoms with Crippen molar-refractivity contribution in [1.29, 1.82) is 0 Å². The molecular weight excluding hydrogens is 490 g/mol. The molecule has 3 amide bonds. The minimum absolute atomic E-state index is 0.110. The summed E-state index contributed by atoms with van der Waals surface area (Å²) in [4.78, 5) is 41.7. The first kappa shape index (κ1) is 29.7. The molecule has 208 valence electrons. The lowest BCUT2D eigenvalue weighted by Gasteiger charge is -2.34. The van der Waals surface area contributed by atoms with E-state index in [9.17, 15) is 14.4 Å². The predicted molar refractivity (Wildman–Crippen MR) is 155 cm³/mol. The summed E-state index contributed by atoms with van der Waals surface area (Å²) in [6.07, 6.45) is 2.38. The summed E-state index contributed by atoms with van der Waals surface area (Å²) in [6.45, 7) is 13.9. The van der Waals surface area contributed by atoms with Crippen molar-refractivity contribution in [2.45, 2.75) is 78.3 Å². The van der Waals surface area contributed by atoms with Crippen LogP contribution in [0, 0.1) is 0 Å². The van der Waals surface area contributed by atoms with Gasteiger partial charge >= 0.3 is 0 Å². The molecule has 7 nitrogen and oxygen atoms in total.